The van der Waals surface area contributed by atoms with Gasteiger partial charge in [-0.25, -0.2) is 0 Å². The molecule has 1 aromatic carbocycles. The van der Waals surface area contributed by atoms with Crippen LogP contribution >= 0.6 is 27.3 Å². The zero-order valence-corrected chi connectivity index (χ0v) is 12.8. The molecule has 1 N–H and O–H groups in total. The number of fused-ring (bicyclic) bond motifs is 1. The van der Waals surface area contributed by atoms with Crippen LogP contribution in [0.2, 0.25) is 0 Å². The summed E-state index contributed by atoms with van der Waals surface area (Å²) in [6.45, 7) is 0.554. The molecule has 1 aromatic heterocycles. The van der Waals surface area contributed by atoms with Crippen molar-refractivity contribution in [3.63, 3.8) is 0 Å². The lowest BCUT2D eigenvalue weighted by Gasteiger charge is -2.31. The first-order valence-electron chi connectivity index (χ1n) is 6.09. The van der Waals surface area contributed by atoms with E-state index in [-0.39, 0.29) is 12.1 Å². The first-order chi connectivity index (χ1) is 9.28. The first kappa shape index (κ1) is 13.0. The van der Waals surface area contributed by atoms with Crippen LogP contribution in [0.5, 0.6) is 11.5 Å². The fraction of sp³-hybridized carbons (Fsp3) is 0.286. The Morgan fingerprint density at radius 3 is 2.74 bits per heavy atom. The molecule has 0 radical (unpaired) electrons. The molecule has 3 nitrogen and oxygen atoms in total. The summed E-state index contributed by atoms with van der Waals surface area (Å²) in [6, 6.07) is 12.1. The number of hydrogen-bond donors (Lipinski definition) is 1. The minimum absolute atomic E-state index is 0.0227. The predicted molar refractivity (Wildman–Crippen MR) is 80.2 cm³/mol. The van der Waals surface area contributed by atoms with Gasteiger partial charge >= 0.3 is 0 Å². The normalized spacial score (nSPS) is 19.2. The molecule has 100 valence electrons. The van der Waals surface area contributed by atoms with Gasteiger partial charge in [0.05, 0.1) is 9.83 Å². The molecule has 0 bridgehead atoms. The highest BCUT2D eigenvalue weighted by molar-refractivity contribution is 9.11. The first-order valence-corrected chi connectivity index (χ1v) is 7.70. The molecule has 2 aromatic rings. The van der Waals surface area contributed by atoms with E-state index < -0.39 is 0 Å². The van der Waals surface area contributed by atoms with E-state index in [4.69, 9.17) is 9.47 Å². The maximum Gasteiger partial charge on any atom is 0.161 e. The van der Waals surface area contributed by atoms with Crippen molar-refractivity contribution in [1.82, 2.24) is 5.32 Å². The van der Waals surface area contributed by atoms with Crippen molar-refractivity contribution >= 4 is 27.3 Å². The quantitative estimate of drug-likeness (QED) is 0.926. The van der Waals surface area contributed by atoms with Gasteiger partial charge in [-0.3, -0.25) is 0 Å². The van der Waals surface area contributed by atoms with Gasteiger partial charge in [-0.1, -0.05) is 12.1 Å². The molecule has 2 heterocycles. The van der Waals surface area contributed by atoms with Crippen LogP contribution in [0.1, 0.15) is 10.9 Å². The molecule has 19 heavy (non-hydrogen) atoms. The molecule has 0 aliphatic carbocycles. The second-order valence-electron chi connectivity index (χ2n) is 4.32. The van der Waals surface area contributed by atoms with E-state index in [1.54, 1.807) is 11.3 Å². The Morgan fingerprint density at radius 2 is 2.05 bits per heavy atom. The fourth-order valence-electron chi connectivity index (χ4n) is 2.21. The summed E-state index contributed by atoms with van der Waals surface area (Å²) in [5.74, 6) is 1.63. The molecule has 0 spiro atoms. The Balaban J connectivity index is 1.83. The Kier molecular flexibility index (Phi) is 3.77. The van der Waals surface area contributed by atoms with Crippen molar-refractivity contribution in [2.45, 2.75) is 12.1 Å². The highest BCUT2D eigenvalue weighted by atomic mass is 79.9. The number of ether oxygens (including phenoxy) is 2. The second kappa shape index (κ2) is 5.53. The number of halogens is 1. The van der Waals surface area contributed by atoms with Crippen molar-refractivity contribution in [2.24, 2.45) is 0 Å². The van der Waals surface area contributed by atoms with E-state index in [0.717, 1.165) is 15.3 Å². The number of benzene rings is 1. The predicted octanol–water partition coefficient (Wildman–Crippen LogP) is 3.61. The minimum atomic E-state index is -0.0227. The smallest absolute Gasteiger partial charge is 0.161 e. The van der Waals surface area contributed by atoms with E-state index in [1.165, 1.54) is 4.88 Å². The number of para-hydroxylation sites is 2. The average Bonchev–Trinajstić information content (AvgIpc) is 2.86. The van der Waals surface area contributed by atoms with Gasteiger partial charge in [-0.2, -0.15) is 0 Å². The van der Waals surface area contributed by atoms with Gasteiger partial charge in [0.25, 0.3) is 0 Å². The third kappa shape index (κ3) is 2.63. The molecule has 1 aliphatic heterocycles. The molecular weight excluding hydrogens is 326 g/mol. The minimum Gasteiger partial charge on any atom is -0.486 e. The van der Waals surface area contributed by atoms with E-state index >= 15 is 0 Å². The topological polar surface area (TPSA) is 30.5 Å². The number of hydrogen-bond acceptors (Lipinski definition) is 4. The monoisotopic (exact) mass is 339 g/mol. The number of likely N-dealkylation sites (N-methyl/N-ethyl adjacent to an activating group) is 1. The van der Waals surface area contributed by atoms with Crippen LogP contribution in [0, 0.1) is 0 Å². The third-order valence-corrected chi connectivity index (χ3v) is 4.82. The van der Waals surface area contributed by atoms with Crippen LogP contribution in [0.15, 0.2) is 40.2 Å². The maximum atomic E-state index is 6.05. The summed E-state index contributed by atoms with van der Waals surface area (Å²) in [5, 5.41) is 3.32. The van der Waals surface area contributed by atoms with Crippen LogP contribution in [0.25, 0.3) is 0 Å². The summed E-state index contributed by atoms with van der Waals surface area (Å²) in [7, 11) is 1.95. The third-order valence-electron chi connectivity index (χ3n) is 3.11. The lowest BCUT2D eigenvalue weighted by atomic mass is 10.1. The van der Waals surface area contributed by atoms with Crippen molar-refractivity contribution < 1.29 is 9.47 Å². The van der Waals surface area contributed by atoms with Crippen LogP contribution in [-0.2, 0) is 0 Å². The number of thiophene rings is 1. The Morgan fingerprint density at radius 1 is 1.26 bits per heavy atom. The Bertz CT molecular complexity index is 572. The lowest BCUT2D eigenvalue weighted by molar-refractivity contribution is 0.0647. The molecule has 0 fully saturated rings. The lowest BCUT2D eigenvalue weighted by Crippen LogP contribution is -2.40. The van der Waals surface area contributed by atoms with Gasteiger partial charge < -0.3 is 14.8 Å². The Hall–Kier alpha value is -1.04. The van der Waals surface area contributed by atoms with Gasteiger partial charge in [-0.05, 0) is 47.2 Å². The van der Waals surface area contributed by atoms with Crippen LogP contribution < -0.4 is 14.8 Å². The van der Waals surface area contributed by atoms with E-state index in [1.807, 2.05) is 31.3 Å². The zero-order chi connectivity index (χ0) is 13.2. The van der Waals surface area contributed by atoms with E-state index in [0.29, 0.717) is 6.61 Å². The van der Waals surface area contributed by atoms with Crippen molar-refractivity contribution in [2.75, 3.05) is 13.7 Å². The van der Waals surface area contributed by atoms with Gasteiger partial charge in [0.15, 0.2) is 17.6 Å². The summed E-state index contributed by atoms with van der Waals surface area (Å²) < 4.78 is 13.0. The summed E-state index contributed by atoms with van der Waals surface area (Å²) in [4.78, 5) is 1.24. The highest BCUT2D eigenvalue weighted by Gasteiger charge is 2.29. The second-order valence-corrected chi connectivity index (χ2v) is 6.82. The summed E-state index contributed by atoms with van der Waals surface area (Å²) in [6.07, 6.45) is -0.0227. The van der Waals surface area contributed by atoms with Crippen LogP contribution in [0.3, 0.4) is 0 Å². The molecule has 0 saturated heterocycles. The average molecular weight is 340 g/mol. The number of rotatable bonds is 3. The molecule has 3 rings (SSSR count). The van der Waals surface area contributed by atoms with Gasteiger partial charge in [-0.15, -0.1) is 11.3 Å². The van der Waals surface area contributed by atoms with Crippen molar-refractivity contribution in [1.29, 1.82) is 0 Å². The van der Waals surface area contributed by atoms with Crippen molar-refractivity contribution in [3.8, 4) is 11.5 Å². The standard InChI is InChI=1S/C14H14BrNO2S/c1-16-14(12-6-7-13(15)19-12)11-8-17-9-4-2-3-5-10(9)18-11/h2-7,11,14,16H,8H2,1H3. The fourth-order valence-corrected chi connectivity index (χ4v) is 3.79. The zero-order valence-electron chi connectivity index (χ0n) is 10.4. The highest BCUT2D eigenvalue weighted by Crippen LogP contribution is 2.36. The molecule has 0 amide bonds. The molecule has 0 saturated carbocycles. The maximum absolute atomic E-state index is 6.05. The SMILES string of the molecule is CNC(c1ccc(Br)s1)C1COc2ccccc2O1. The van der Waals surface area contributed by atoms with Gasteiger partial charge in [0, 0.05) is 4.88 Å². The summed E-state index contributed by atoms with van der Waals surface area (Å²) >= 11 is 5.21. The van der Waals surface area contributed by atoms with Crippen molar-refractivity contribution in [3.05, 3.63) is 45.1 Å². The van der Waals surface area contributed by atoms with Gasteiger partial charge in [0.2, 0.25) is 0 Å². The van der Waals surface area contributed by atoms with E-state index in [9.17, 15) is 0 Å². The molecule has 1 aliphatic rings. The van der Waals surface area contributed by atoms with Gasteiger partial charge in [0.1, 0.15) is 6.61 Å². The molecular formula is C14H14BrNO2S. The molecule has 2 unspecified atom stereocenters. The van der Waals surface area contributed by atoms with Crippen LogP contribution in [0.4, 0.5) is 0 Å². The summed E-state index contributed by atoms with van der Waals surface area (Å²) in [5.41, 5.74) is 0. The Labute approximate surface area is 124 Å². The number of nitrogens with one attached hydrogen (secondary N) is 1. The largest absolute Gasteiger partial charge is 0.486 e. The molecule has 5 heteroatoms. The van der Waals surface area contributed by atoms with E-state index in [2.05, 4.69) is 33.4 Å². The van der Waals surface area contributed by atoms with Crippen LogP contribution in [-0.4, -0.2) is 19.8 Å². The molecule has 2 atom stereocenters.